The van der Waals surface area contributed by atoms with Crippen molar-refractivity contribution in [1.29, 1.82) is 0 Å². The fourth-order valence-corrected chi connectivity index (χ4v) is 8.41. The van der Waals surface area contributed by atoms with Gasteiger partial charge in [-0.25, -0.2) is 0 Å². The molecule has 2 amide bonds. The standard InChI is InChI=1S/C23H29BrN2O2/c24-23-13-17-10-18(14-23)12-22(11-17,16-23)15-20(27)25-6-8-26(9-7-25)21(28)19-4-2-1-3-5-19/h1-5,17-18H,6-16H2. The molecule has 28 heavy (non-hydrogen) atoms. The zero-order valence-electron chi connectivity index (χ0n) is 16.4. The van der Waals surface area contributed by atoms with Crippen LogP contribution in [-0.4, -0.2) is 52.1 Å². The first kappa shape index (κ1) is 18.7. The zero-order valence-corrected chi connectivity index (χ0v) is 18.0. The van der Waals surface area contributed by atoms with Crippen molar-refractivity contribution in [3.63, 3.8) is 0 Å². The lowest BCUT2D eigenvalue weighted by molar-refractivity contribution is -0.139. The molecule has 1 heterocycles. The number of carbonyl (C=O) groups excluding carboxylic acids is 2. The second-order valence-electron chi connectivity index (χ2n) is 9.83. The number of amides is 2. The second-order valence-corrected chi connectivity index (χ2v) is 11.5. The molecule has 1 saturated heterocycles. The highest BCUT2D eigenvalue weighted by Gasteiger charge is 2.57. The Morgan fingerprint density at radius 2 is 1.54 bits per heavy atom. The second kappa shape index (κ2) is 6.86. The summed E-state index contributed by atoms with van der Waals surface area (Å²) in [6.07, 6.45) is 8.36. The maximum Gasteiger partial charge on any atom is 0.253 e. The highest BCUT2D eigenvalue weighted by molar-refractivity contribution is 9.10. The minimum Gasteiger partial charge on any atom is -0.339 e. The van der Waals surface area contributed by atoms with Gasteiger partial charge in [-0.1, -0.05) is 34.1 Å². The fraction of sp³-hybridized carbons (Fsp3) is 0.652. The Bertz CT molecular complexity index is 758. The third-order valence-corrected chi connectivity index (χ3v) is 8.51. The summed E-state index contributed by atoms with van der Waals surface area (Å²) in [4.78, 5) is 29.7. The molecule has 4 saturated carbocycles. The number of carbonyl (C=O) groups is 2. The van der Waals surface area contributed by atoms with Crippen LogP contribution in [0.5, 0.6) is 0 Å². The van der Waals surface area contributed by atoms with Crippen molar-refractivity contribution in [2.45, 2.75) is 49.3 Å². The molecule has 150 valence electrons. The zero-order chi connectivity index (χ0) is 19.4. The first-order valence-corrected chi connectivity index (χ1v) is 11.5. The van der Waals surface area contributed by atoms with E-state index in [9.17, 15) is 9.59 Å². The monoisotopic (exact) mass is 444 g/mol. The number of nitrogens with zero attached hydrogens (tertiary/aromatic N) is 2. The molecule has 2 atom stereocenters. The van der Waals surface area contributed by atoms with Gasteiger partial charge < -0.3 is 9.80 Å². The number of piperazine rings is 1. The lowest BCUT2D eigenvalue weighted by Crippen LogP contribution is -2.55. The largest absolute Gasteiger partial charge is 0.339 e. The fourth-order valence-electron chi connectivity index (χ4n) is 6.90. The van der Waals surface area contributed by atoms with Crippen LogP contribution in [0.15, 0.2) is 30.3 Å². The maximum absolute atomic E-state index is 13.1. The predicted molar refractivity (Wildman–Crippen MR) is 112 cm³/mol. The summed E-state index contributed by atoms with van der Waals surface area (Å²) >= 11 is 4.06. The number of hydrogen-bond acceptors (Lipinski definition) is 2. The summed E-state index contributed by atoms with van der Waals surface area (Å²) in [5.74, 6) is 2.02. The summed E-state index contributed by atoms with van der Waals surface area (Å²) in [6, 6.07) is 9.45. The first-order valence-electron chi connectivity index (χ1n) is 10.7. The predicted octanol–water partition coefficient (Wildman–Crippen LogP) is 4.10. The van der Waals surface area contributed by atoms with Gasteiger partial charge in [0.1, 0.15) is 0 Å². The molecule has 4 aliphatic carbocycles. The van der Waals surface area contributed by atoms with E-state index < -0.39 is 0 Å². The van der Waals surface area contributed by atoms with Gasteiger partial charge >= 0.3 is 0 Å². The van der Waals surface area contributed by atoms with E-state index in [2.05, 4.69) is 15.9 Å². The van der Waals surface area contributed by atoms with Crippen LogP contribution < -0.4 is 0 Å². The molecule has 0 N–H and O–H groups in total. The van der Waals surface area contributed by atoms with Crippen LogP contribution in [0.2, 0.25) is 0 Å². The van der Waals surface area contributed by atoms with Gasteiger partial charge in [-0.15, -0.1) is 0 Å². The van der Waals surface area contributed by atoms with E-state index >= 15 is 0 Å². The quantitative estimate of drug-likeness (QED) is 0.658. The van der Waals surface area contributed by atoms with E-state index in [1.807, 2.05) is 40.1 Å². The van der Waals surface area contributed by atoms with Crippen LogP contribution in [0.4, 0.5) is 0 Å². The smallest absolute Gasteiger partial charge is 0.253 e. The number of benzene rings is 1. The molecule has 0 aromatic heterocycles. The van der Waals surface area contributed by atoms with Crippen molar-refractivity contribution in [1.82, 2.24) is 9.80 Å². The average molecular weight is 445 g/mol. The number of hydrogen-bond donors (Lipinski definition) is 0. The topological polar surface area (TPSA) is 40.6 Å². The molecule has 4 bridgehead atoms. The van der Waals surface area contributed by atoms with Gasteiger partial charge in [0, 0.05) is 42.5 Å². The Kier molecular flexibility index (Phi) is 4.57. The normalized spacial score (nSPS) is 36.6. The van der Waals surface area contributed by atoms with Crippen molar-refractivity contribution >= 4 is 27.7 Å². The molecular weight excluding hydrogens is 416 g/mol. The van der Waals surface area contributed by atoms with Gasteiger partial charge in [0.05, 0.1) is 0 Å². The van der Waals surface area contributed by atoms with Crippen LogP contribution in [0, 0.1) is 17.3 Å². The lowest BCUT2D eigenvalue weighted by Gasteiger charge is -2.60. The van der Waals surface area contributed by atoms with Gasteiger partial charge in [-0.05, 0) is 67.9 Å². The van der Waals surface area contributed by atoms with Gasteiger partial charge in [0.25, 0.3) is 5.91 Å². The van der Waals surface area contributed by atoms with Crippen molar-refractivity contribution in [3.8, 4) is 0 Å². The van der Waals surface area contributed by atoms with Gasteiger partial charge in [-0.3, -0.25) is 9.59 Å². The van der Waals surface area contributed by atoms with E-state index in [0.29, 0.717) is 42.8 Å². The highest BCUT2D eigenvalue weighted by atomic mass is 79.9. The lowest BCUT2D eigenvalue weighted by atomic mass is 9.48. The summed E-state index contributed by atoms with van der Waals surface area (Å²) in [6.45, 7) is 2.61. The Morgan fingerprint density at radius 1 is 0.929 bits per heavy atom. The van der Waals surface area contributed by atoms with Gasteiger partial charge in [0.2, 0.25) is 5.91 Å². The van der Waals surface area contributed by atoms with Crippen LogP contribution >= 0.6 is 15.9 Å². The van der Waals surface area contributed by atoms with Crippen LogP contribution in [0.25, 0.3) is 0 Å². The summed E-state index contributed by atoms with van der Waals surface area (Å²) in [7, 11) is 0. The van der Waals surface area contributed by atoms with E-state index in [-0.39, 0.29) is 11.3 Å². The molecule has 1 aromatic carbocycles. The van der Waals surface area contributed by atoms with Crippen LogP contribution in [-0.2, 0) is 4.79 Å². The highest BCUT2D eigenvalue weighted by Crippen LogP contribution is 2.65. The maximum atomic E-state index is 13.1. The van der Waals surface area contributed by atoms with Crippen LogP contribution in [0.3, 0.4) is 0 Å². The molecule has 0 radical (unpaired) electrons. The number of alkyl halides is 1. The minimum atomic E-state index is 0.0787. The molecule has 5 aliphatic rings. The Labute approximate surface area is 175 Å². The Morgan fingerprint density at radius 3 is 2.14 bits per heavy atom. The third-order valence-electron chi connectivity index (χ3n) is 7.58. The van der Waals surface area contributed by atoms with E-state index in [4.69, 9.17) is 0 Å². The first-order chi connectivity index (χ1) is 13.4. The van der Waals surface area contributed by atoms with E-state index in [1.165, 1.54) is 38.5 Å². The van der Waals surface area contributed by atoms with E-state index in [0.717, 1.165) is 17.4 Å². The SMILES string of the molecule is O=C(CC12CC3CC(CC(Br)(C3)C1)C2)N1CCN(C(=O)c2ccccc2)CC1. The Hall–Kier alpha value is -1.36. The summed E-state index contributed by atoms with van der Waals surface area (Å²) in [5.41, 5.74) is 0.959. The molecule has 6 rings (SSSR count). The molecule has 4 nitrogen and oxygen atoms in total. The third kappa shape index (κ3) is 3.40. The minimum absolute atomic E-state index is 0.0787. The van der Waals surface area contributed by atoms with E-state index in [1.54, 1.807) is 0 Å². The van der Waals surface area contributed by atoms with Crippen LogP contribution in [0.1, 0.15) is 55.3 Å². The van der Waals surface area contributed by atoms with Crippen molar-refractivity contribution in [2.75, 3.05) is 26.2 Å². The molecule has 0 spiro atoms. The Balaban J connectivity index is 1.19. The van der Waals surface area contributed by atoms with Crippen molar-refractivity contribution in [2.24, 2.45) is 17.3 Å². The molecule has 5 heteroatoms. The average Bonchev–Trinajstić information content (AvgIpc) is 2.66. The molecule has 5 fully saturated rings. The van der Waals surface area contributed by atoms with Gasteiger partial charge in [-0.2, -0.15) is 0 Å². The molecule has 1 aliphatic heterocycles. The van der Waals surface area contributed by atoms with Crippen molar-refractivity contribution < 1.29 is 9.59 Å². The molecular formula is C23H29BrN2O2. The number of halogens is 1. The summed E-state index contributed by atoms with van der Waals surface area (Å²) < 4.78 is 0.304. The molecule has 2 unspecified atom stereocenters. The van der Waals surface area contributed by atoms with Crippen molar-refractivity contribution in [3.05, 3.63) is 35.9 Å². The molecule has 1 aromatic rings. The van der Waals surface area contributed by atoms with Gasteiger partial charge in [0.15, 0.2) is 0 Å². The summed E-state index contributed by atoms with van der Waals surface area (Å²) in [5, 5.41) is 0. The number of rotatable bonds is 3.